The van der Waals surface area contributed by atoms with Gasteiger partial charge in [-0.3, -0.25) is 4.79 Å². The molecule has 0 bridgehead atoms. The molecule has 25 heavy (non-hydrogen) atoms. The molecule has 2 aromatic heterocycles. The van der Waals surface area contributed by atoms with E-state index in [-0.39, 0.29) is 18.3 Å². The molecule has 130 valence electrons. The highest BCUT2D eigenvalue weighted by Gasteiger charge is 2.14. The number of rotatable bonds is 7. The summed E-state index contributed by atoms with van der Waals surface area (Å²) in [6.07, 6.45) is -0.640. The Hall–Kier alpha value is -2.22. The van der Waals surface area contributed by atoms with E-state index in [2.05, 4.69) is 5.32 Å². The van der Waals surface area contributed by atoms with Crippen LogP contribution >= 0.6 is 22.7 Å². The molecule has 2 N–H and O–H groups in total. The van der Waals surface area contributed by atoms with Crippen molar-refractivity contribution in [3.63, 3.8) is 0 Å². The van der Waals surface area contributed by atoms with E-state index in [1.807, 2.05) is 29.6 Å². The molecule has 1 atom stereocenters. The van der Waals surface area contributed by atoms with Gasteiger partial charge in [0.05, 0.1) is 6.54 Å². The van der Waals surface area contributed by atoms with E-state index in [9.17, 15) is 14.3 Å². The number of ether oxygens (including phenoxy) is 1. The molecule has 3 aromatic rings. The van der Waals surface area contributed by atoms with Crippen LogP contribution in [0.2, 0.25) is 0 Å². The lowest BCUT2D eigenvalue weighted by atomic mass is 10.2. The SMILES string of the molecule is O=C(COc1ccccc1F)NCc1ccc(C(O)c2cccs2)s1. The van der Waals surface area contributed by atoms with Crippen molar-refractivity contribution in [3.8, 4) is 5.75 Å². The van der Waals surface area contributed by atoms with E-state index >= 15 is 0 Å². The highest BCUT2D eigenvalue weighted by molar-refractivity contribution is 7.12. The van der Waals surface area contributed by atoms with Crippen molar-refractivity contribution >= 4 is 28.6 Å². The van der Waals surface area contributed by atoms with Gasteiger partial charge < -0.3 is 15.2 Å². The van der Waals surface area contributed by atoms with Crippen molar-refractivity contribution in [2.75, 3.05) is 6.61 Å². The van der Waals surface area contributed by atoms with Crippen LogP contribution in [0, 0.1) is 5.82 Å². The summed E-state index contributed by atoms with van der Waals surface area (Å²) in [5.74, 6) is -0.784. The van der Waals surface area contributed by atoms with Gasteiger partial charge in [-0.15, -0.1) is 22.7 Å². The summed E-state index contributed by atoms with van der Waals surface area (Å²) in [4.78, 5) is 14.5. The summed E-state index contributed by atoms with van der Waals surface area (Å²) >= 11 is 2.94. The fourth-order valence-electron chi connectivity index (χ4n) is 2.17. The zero-order valence-electron chi connectivity index (χ0n) is 13.1. The minimum atomic E-state index is -0.640. The third-order valence-corrected chi connectivity index (χ3v) is 5.48. The van der Waals surface area contributed by atoms with Crippen molar-refractivity contribution in [1.82, 2.24) is 5.32 Å². The van der Waals surface area contributed by atoms with Gasteiger partial charge in [0, 0.05) is 14.6 Å². The van der Waals surface area contributed by atoms with Crippen molar-refractivity contribution in [3.05, 3.63) is 74.4 Å². The molecular weight excluding hydrogens is 361 g/mol. The number of carbonyl (C=O) groups excluding carboxylic acids is 1. The van der Waals surface area contributed by atoms with Crippen LogP contribution in [0.15, 0.2) is 53.9 Å². The number of thiophene rings is 2. The lowest BCUT2D eigenvalue weighted by Crippen LogP contribution is -2.28. The molecule has 0 saturated carbocycles. The van der Waals surface area contributed by atoms with Gasteiger partial charge >= 0.3 is 0 Å². The number of amides is 1. The van der Waals surface area contributed by atoms with E-state index in [4.69, 9.17) is 4.74 Å². The summed E-state index contributed by atoms with van der Waals surface area (Å²) in [6.45, 7) is 0.0816. The van der Waals surface area contributed by atoms with Gasteiger partial charge in [0.2, 0.25) is 0 Å². The second-order valence-electron chi connectivity index (χ2n) is 5.22. The molecular formula is C18H16FNO3S2. The highest BCUT2D eigenvalue weighted by atomic mass is 32.1. The predicted molar refractivity (Wildman–Crippen MR) is 96.4 cm³/mol. The fraction of sp³-hybridized carbons (Fsp3) is 0.167. The maximum atomic E-state index is 13.4. The number of para-hydroxylation sites is 1. The van der Waals surface area contributed by atoms with Crippen LogP contribution in [0.4, 0.5) is 4.39 Å². The van der Waals surface area contributed by atoms with Crippen LogP contribution in [0.3, 0.4) is 0 Å². The summed E-state index contributed by atoms with van der Waals surface area (Å²) in [5.41, 5.74) is 0. The molecule has 0 aliphatic heterocycles. The van der Waals surface area contributed by atoms with E-state index in [1.54, 1.807) is 12.1 Å². The van der Waals surface area contributed by atoms with Gasteiger partial charge in [-0.1, -0.05) is 18.2 Å². The maximum Gasteiger partial charge on any atom is 0.258 e. The number of carbonyl (C=O) groups is 1. The first-order chi connectivity index (χ1) is 12.1. The van der Waals surface area contributed by atoms with Gasteiger partial charge in [0.1, 0.15) is 6.10 Å². The number of nitrogens with one attached hydrogen (secondary N) is 1. The molecule has 2 heterocycles. The Morgan fingerprint density at radius 1 is 1.16 bits per heavy atom. The Balaban J connectivity index is 1.49. The van der Waals surface area contributed by atoms with Crippen molar-refractivity contribution in [2.24, 2.45) is 0 Å². The summed E-state index contributed by atoms with van der Waals surface area (Å²) in [6, 6.07) is 13.5. The summed E-state index contributed by atoms with van der Waals surface area (Å²) < 4.78 is 18.6. The molecule has 7 heteroatoms. The largest absolute Gasteiger partial charge is 0.481 e. The molecule has 0 fully saturated rings. The number of halogens is 1. The number of hydrogen-bond acceptors (Lipinski definition) is 5. The van der Waals surface area contributed by atoms with E-state index in [1.165, 1.54) is 34.8 Å². The lowest BCUT2D eigenvalue weighted by molar-refractivity contribution is -0.123. The van der Waals surface area contributed by atoms with Gasteiger partial charge in [-0.05, 0) is 35.7 Å². The minimum absolute atomic E-state index is 0.0510. The van der Waals surface area contributed by atoms with Crippen LogP contribution < -0.4 is 10.1 Å². The van der Waals surface area contributed by atoms with Crippen molar-refractivity contribution in [1.29, 1.82) is 0 Å². The van der Waals surface area contributed by atoms with Gasteiger partial charge in [-0.25, -0.2) is 4.39 Å². The smallest absolute Gasteiger partial charge is 0.258 e. The van der Waals surface area contributed by atoms with E-state index < -0.39 is 11.9 Å². The normalized spacial score (nSPS) is 11.9. The lowest BCUT2D eigenvalue weighted by Gasteiger charge is -2.07. The van der Waals surface area contributed by atoms with Crippen LogP contribution in [0.5, 0.6) is 5.75 Å². The fourth-order valence-corrected chi connectivity index (χ4v) is 3.93. The van der Waals surface area contributed by atoms with E-state index in [0.29, 0.717) is 6.54 Å². The van der Waals surface area contributed by atoms with E-state index in [0.717, 1.165) is 14.6 Å². The van der Waals surface area contributed by atoms with Crippen molar-refractivity contribution in [2.45, 2.75) is 12.6 Å². The zero-order valence-corrected chi connectivity index (χ0v) is 14.8. The molecule has 1 unspecified atom stereocenters. The molecule has 0 aliphatic carbocycles. The van der Waals surface area contributed by atoms with Crippen molar-refractivity contribution < 1.29 is 19.0 Å². The van der Waals surface area contributed by atoms with Crippen LogP contribution in [-0.4, -0.2) is 17.6 Å². The number of aliphatic hydroxyl groups is 1. The molecule has 3 rings (SSSR count). The highest BCUT2D eigenvalue weighted by Crippen LogP contribution is 2.30. The average molecular weight is 377 g/mol. The second kappa shape index (κ2) is 8.24. The first kappa shape index (κ1) is 17.6. The quantitative estimate of drug-likeness (QED) is 0.660. The van der Waals surface area contributed by atoms with Gasteiger partial charge in [0.25, 0.3) is 5.91 Å². The Labute approximate surface area is 152 Å². The monoisotopic (exact) mass is 377 g/mol. The molecule has 0 aliphatic rings. The Bertz CT molecular complexity index is 832. The zero-order chi connectivity index (χ0) is 17.6. The first-order valence-electron chi connectivity index (χ1n) is 7.57. The number of hydrogen-bond donors (Lipinski definition) is 2. The standard InChI is InChI=1S/C18H16FNO3S2/c19-13-4-1-2-5-14(13)23-11-17(21)20-10-12-7-8-16(25-12)18(22)15-6-3-9-24-15/h1-9,18,22H,10-11H2,(H,20,21). The van der Waals surface area contributed by atoms with Crippen LogP contribution in [0.25, 0.3) is 0 Å². The summed E-state index contributed by atoms with van der Waals surface area (Å²) in [7, 11) is 0. The summed E-state index contributed by atoms with van der Waals surface area (Å²) in [5, 5.41) is 14.9. The van der Waals surface area contributed by atoms with Gasteiger partial charge in [0.15, 0.2) is 18.2 Å². The second-order valence-corrected chi connectivity index (χ2v) is 7.40. The molecule has 1 amide bonds. The molecule has 1 aromatic carbocycles. The van der Waals surface area contributed by atoms with Crippen LogP contribution in [0.1, 0.15) is 20.7 Å². The Morgan fingerprint density at radius 3 is 2.76 bits per heavy atom. The molecule has 0 radical (unpaired) electrons. The molecule has 0 spiro atoms. The number of benzene rings is 1. The maximum absolute atomic E-state index is 13.4. The molecule has 0 saturated heterocycles. The topological polar surface area (TPSA) is 58.6 Å². The number of aliphatic hydroxyl groups excluding tert-OH is 1. The van der Waals surface area contributed by atoms with Crippen LogP contribution in [-0.2, 0) is 11.3 Å². The third kappa shape index (κ3) is 4.66. The Morgan fingerprint density at radius 2 is 2.00 bits per heavy atom. The van der Waals surface area contributed by atoms with Gasteiger partial charge in [-0.2, -0.15) is 0 Å². The minimum Gasteiger partial charge on any atom is -0.481 e. The Kier molecular flexibility index (Phi) is 5.80. The third-order valence-electron chi connectivity index (χ3n) is 3.42. The molecule has 4 nitrogen and oxygen atoms in total. The first-order valence-corrected chi connectivity index (χ1v) is 9.27. The average Bonchev–Trinajstić information content (AvgIpc) is 3.30. The predicted octanol–water partition coefficient (Wildman–Crippen LogP) is 3.73.